The zero-order chi connectivity index (χ0) is 11.7. The maximum Gasteiger partial charge on any atom is 0.300 e. The van der Waals surface area contributed by atoms with Crippen molar-refractivity contribution in [2.75, 3.05) is 0 Å². The van der Waals surface area contributed by atoms with Crippen molar-refractivity contribution in [2.24, 2.45) is 0 Å². The first-order chi connectivity index (χ1) is 5.97. The Kier molecular flexibility index (Phi) is 365. The predicted molar refractivity (Wildman–Crippen MR) is 81.9 cm³/mol. The maximum atomic E-state index is 9.00. The van der Waals surface area contributed by atoms with Crippen LogP contribution in [0.15, 0.2) is 0 Å². The molecule has 0 bridgehead atoms. The number of hydrogen-bond donors (Lipinski definition) is 1. The molecule has 0 aromatic heterocycles. The molecule has 0 aromatic rings. The zero-order valence-corrected chi connectivity index (χ0v) is 10.9. The average Bonchev–Trinajstić information content (AvgIpc) is 1.88. The Morgan fingerprint density at radius 2 is 1.00 bits per heavy atom. The van der Waals surface area contributed by atoms with E-state index in [0.717, 1.165) is 13.2 Å². The number of hydrogen-bond acceptors (Lipinski definition) is 2. The summed E-state index contributed by atoms with van der Waals surface area (Å²) in [4.78, 5) is 17.8. The van der Waals surface area contributed by atoms with Crippen molar-refractivity contribution in [3.05, 3.63) is 0 Å². The molecule has 0 heterocycles. The summed E-state index contributed by atoms with van der Waals surface area (Å²) < 4.78 is 0. The Labute approximate surface area is 114 Å². The molecule has 0 spiro atoms. The quantitative estimate of drug-likeness (QED) is 0.524. The van der Waals surface area contributed by atoms with Crippen LogP contribution in [-0.4, -0.2) is 34.2 Å². The summed E-state index contributed by atoms with van der Waals surface area (Å²) in [6.45, 7) is 11.0. The summed E-state index contributed by atoms with van der Waals surface area (Å²) in [6.07, 6.45) is 3.25. The molecule has 3 nitrogen and oxygen atoms in total. The second-order valence-electron chi connectivity index (χ2n) is 2.17. The van der Waals surface area contributed by atoms with Gasteiger partial charge in [0.05, 0.1) is 0 Å². The normalized spacial score (nSPS) is 4.35. The summed E-state index contributed by atoms with van der Waals surface area (Å²) in [5.74, 6) is -0.833. The third kappa shape index (κ3) is 5040. The molecule has 0 aliphatic carbocycles. The number of aliphatic carboxylic acids is 1. The number of carboxylic acids is 1. The number of aldehydes is 1. The molecule has 17 heavy (non-hydrogen) atoms. The van der Waals surface area contributed by atoms with E-state index in [0.29, 0.717) is 0 Å². The van der Waals surface area contributed by atoms with Crippen LogP contribution in [0.25, 0.3) is 0 Å². The number of carbonyl (C=O) groups excluding carboxylic acids is 1. The molecule has 0 fully saturated rings. The first kappa shape index (κ1) is 55.5. The van der Waals surface area contributed by atoms with E-state index in [1.165, 1.54) is 19.8 Å². The lowest BCUT2D eigenvalue weighted by molar-refractivity contribution is -0.134. The molecule has 0 aliphatic heterocycles. The van der Waals surface area contributed by atoms with Crippen LogP contribution in [-0.2, 0) is 9.59 Å². The van der Waals surface area contributed by atoms with Crippen LogP contribution in [0.2, 0.25) is 0 Å². The highest BCUT2D eigenvalue weighted by molar-refractivity contribution is 5.76. The van der Waals surface area contributed by atoms with Gasteiger partial charge in [-0.15, -0.1) is 0 Å². The molecule has 0 saturated heterocycles. The highest BCUT2D eigenvalue weighted by Gasteiger charge is 1.65. The van der Waals surface area contributed by atoms with Crippen molar-refractivity contribution >= 4 is 29.1 Å². The van der Waals surface area contributed by atoms with Crippen molar-refractivity contribution in [3.8, 4) is 0 Å². The van der Waals surface area contributed by atoms with Gasteiger partial charge in [0.1, 0.15) is 6.29 Å². The summed E-state index contributed by atoms with van der Waals surface area (Å²) in [6, 6.07) is 0. The molecule has 0 atom stereocenters. The minimum absolute atomic E-state index is 0. The Morgan fingerprint density at radius 3 is 1.00 bits per heavy atom. The minimum atomic E-state index is -0.833. The van der Waals surface area contributed by atoms with Gasteiger partial charge in [-0.2, -0.15) is 0 Å². The third-order valence-electron chi connectivity index (χ3n) is 0. The van der Waals surface area contributed by atoms with Gasteiger partial charge in [0.2, 0.25) is 0 Å². The van der Waals surface area contributed by atoms with E-state index >= 15 is 0 Å². The summed E-state index contributed by atoms with van der Waals surface area (Å²) in [5, 5.41) is 7.42. The van der Waals surface area contributed by atoms with Crippen LogP contribution in [0.1, 0.15) is 69.2 Å². The van der Waals surface area contributed by atoms with Crippen LogP contribution in [0, 0.1) is 0 Å². The van der Waals surface area contributed by atoms with E-state index in [4.69, 9.17) is 14.7 Å². The molecule has 5 heteroatoms. The molecule has 0 aromatic carbocycles. The van der Waals surface area contributed by atoms with Crippen molar-refractivity contribution in [3.63, 3.8) is 0 Å². The first-order valence-electron chi connectivity index (χ1n) is 4.57. The van der Waals surface area contributed by atoms with E-state index in [-0.39, 0.29) is 31.7 Å². The standard InChI is InChI=1S/2C3H8.C2H4O2.C2H4O.2CH4.2B/c2*1-3-2;1-2(3)4;1-2-3;;;;/h2*3H2,1-2H3;1H3,(H,3,4);2H,1H3;2*1H4;;. The predicted octanol–water partition coefficient (Wildman–Crippen LogP) is 3.64. The number of carbonyl (C=O) groups is 2. The number of carboxylic acid groups (broad SMARTS) is 1. The first-order valence-corrected chi connectivity index (χ1v) is 4.57. The van der Waals surface area contributed by atoms with E-state index in [9.17, 15) is 0 Å². The smallest absolute Gasteiger partial charge is 0.300 e. The molecule has 0 unspecified atom stereocenters. The highest BCUT2D eigenvalue weighted by atomic mass is 16.4. The molecule has 104 valence electrons. The van der Waals surface area contributed by atoms with Gasteiger partial charge in [0.25, 0.3) is 5.97 Å². The molecule has 6 radical (unpaired) electrons. The Morgan fingerprint density at radius 1 is 1.00 bits per heavy atom. The monoisotopic (exact) mass is 246 g/mol. The maximum absolute atomic E-state index is 9.00. The van der Waals surface area contributed by atoms with Crippen molar-refractivity contribution in [2.45, 2.75) is 69.2 Å². The lowest BCUT2D eigenvalue weighted by Gasteiger charge is -1.59. The summed E-state index contributed by atoms with van der Waals surface area (Å²) in [7, 11) is 0. The second kappa shape index (κ2) is 112. The van der Waals surface area contributed by atoms with Gasteiger partial charge in [-0.1, -0.05) is 55.4 Å². The fourth-order valence-electron chi connectivity index (χ4n) is 0. The van der Waals surface area contributed by atoms with Crippen molar-refractivity contribution in [1.29, 1.82) is 0 Å². The van der Waals surface area contributed by atoms with Gasteiger partial charge in [-0.25, -0.2) is 0 Å². The molecule has 1 N–H and O–H groups in total. The van der Waals surface area contributed by atoms with Gasteiger partial charge in [-0.05, 0) is 6.92 Å². The second-order valence-corrected chi connectivity index (χ2v) is 2.17. The Hall–Kier alpha value is -0.730. The zero-order valence-electron chi connectivity index (χ0n) is 10.9. The number of rotatable bonds is 0. The largest absolute Gasteiger partial charge is 0.481 e. The summed E-state index contributed by atoms with van der Waals surface area (Å²) in [5.41, 5.74) is 0. The van der Waals surface area contributed by atoms with E-state index < -0.39 is 5.97 Å². The topological polar surface area (TPSA) is 54.4 Å². The van der Waals surface area contributed by atoms with Gasteiger partial charge >= 0.3 is 0 Å². The van der Waals surface area contributed by atoms with Gasteiger partial charge in [-0.3, -0.25) is 4.79 Å². The lowest BCUT2D eigenvalue weighted by Crippen LogP contribution is -1.78. The van der Waals surface area contributed by atoms with Crippen LogP contribution in [0.3, 0.4) is 0 Å². The third-order valence-corrected chi connectivity index (χ3v) is 0. The van der Waals surface area contributed by atoms with Gasteiger partial charge in [0.15, 0.2) is 0 Å². The molecular weight excluding hydrogens is 214 g/mol. The van der Waals surface area contributed by atoms with Crippen LogP contribution in [0.5, 0.6) is 0 Å². The molecule has 0 saturated carbocycles. The van der Waals surface area contributed by atoms with Crippen molar-refractivity contribution in [1.82, 2.24) is 0 Å². The molecule has 0 amide bonds. The lowest BCUT2D eigenvalue weighted by atomic mass is 10.6. The van der Waals surface area contributed by atoms with Crippen molar-refractivity contribution < 1.29 is 14.7 Å². The fraction of sp³-hybridized carbons (Fsp3) is 0.833. The molecular formula is C12H32B2O3. The molecule has 0 aliphatic rings. The van der Waals surface area contributed by atoms with Gasteiger partial charge in [0, 0.05) is 23.7 Å². The van der Waals surface area contributed by atoms with Crippen LogP contribution < -0.4 is 0 Å². The van der Waals surface area contributed by atoms with Gasteiger partial charge < -0.3 is 9.90 Å². The highest BCUT2D eigenvalue weighted by Crippen LogP contribution is 1.56. The fourth-order valence-corrected chi connectivity index (χ4v) is 0. The van der Waals surface area contributed by atoms with E-state index in [1.54, 1.807) is 0 Å². The Bertz CT molecular complexity index is 83.8. The van der Waals surface area contributed by atoms with E-state index in [1.807, 2.05) is 0 Å². The average molecular weight is 246 g/mol. The SMILES string of the molecule is C.C.CC(=O)O.CC=O.CCC.CCC.[B].[B]. The minimum Gasteiger partial charge on any atom is -0.481 e. The van der Waals surface area contributed by atoms with Crippen LogP contribution in [0.4, 0.5) is 0 Å². The molecule has 0 rings (SSSR count). The Balaban J connectivity index is -0.00000000989. The van der Waals surface area contributed by atoms with Crippen LogP contribution >= 0.6 is 0 Å². The van der Waals surface area contributed by atoms with E-state index in [2.05, 4.69) is 27.7 Å². The summed E-state index contributed by atoms with van der Waals surface area (Å²) >= 11 is 0.